The van der Waals surface area contributed by atoms with Gasteiger partial charge in [0, 0.05) is 0 Å². The molecule has 216 valence electrons. The minimum atomic E-state index is -0.801. The molecular formula is C36H49NO3. The van der Waals surface area contributed by atoms with Gasteiger partial charge in [-0.3, -0.25) is 0 Å². The van der Waals surface area contributed by atoms with Crippen molar-refractivity contribution < 1.29 is 14.3 Å². The van der Waals surface area contributed by atoms with Crippen LogP contribution in [-0.4, -0.2) is 19.2 Å². The van der Waals surface area contributed by atoms with Crippen molar-refractivity contribution >= 4 is 5.97 Å². The summed E-state index contributed by atoms with van der Waals surface area (Å²) >= 11 is 0. The quantitative estimate of drug-likeness (QED) is 0.143. The zero-order chi connectivity index (χ0) is 28.2. The van der Waals surface area contributed by atoms with Gasteiger partial charge in [0.05, 0.1) is 13.2 Å². The van der Waals surface area contributed by atoms with Gasteiger partial charge in [0.25, 0.3) is 0 Å². The zero-order valence-electron chi connectivity index (χ0n) is 24.8. The molecule has 4 nitrogen and oxygen atoms in total. The fraction of sp³-hybridized carbons (Fsp3) is 0.611. The van der Waals surface area contributed by atoms with Gasteiger partial charge in [-0.25, -0.2) is 4.79 Å². The first-order valence-corrected chi connectivity index (χ1v) is 16.0. The molecule has 4 heteroatoms. The Hall–Kier alpha value is -2.80. The normalized spacial score (nSPS) is 22.8. The van der Waals surface area contributed by atoms with Crippen molar-refractivity contribution in [2.45, 2.75) is 110 Å². The van der Waals surface area contributed by atoms with Gasteiger partial charge in [-0.05, 0) is 129 Å². The van der Waals surface area contributed by atoms with Crippen LogP contribution in [0.25, 0.3) is 11.1 Å². The first-order chi connectivity index (χ1) is 19.6. The van der Waals surface area contributed by atoms with Gasteiger partial charge in [0.15, 0.2) is 6.07 Å². The van der Waals surface area contributed by atoms with Gasteiger partial charge in [-0.1, -0.05) is 62.9 Å². The lowest BCUT2D eigenvalue weighted by Crippen LogP contribution is -2.25. The average Bonchev–Trinajstić information content (AvgIpc) is 2.99. The molecule has 0 N–H and O–H groups in total. The van der Waals surface area contributed by atoms with E-state index in [2.05, 4.69) is 56.3 Å². The van der Waals surface area contributed by atoms with Crippen LogP contribution in [0.3, 0.4) is 0 Å². The molecule has 0 amide bonds. The van der Waals surface area contributed by atoms with Crippen LogP contribution in [0.1, 0.15) is 114 Å². The highest BCUT2D eigenvalue weighted by Gasteiger charge is 2.31. The molecule has 2 aromatic rings. The smallest absolute Gasteiger partial charge is 0.411 e. The lowest BCUT2D eigenvalue weighted by molar-refractivity contribution is -0.137. The Morgan fingerprint density at radius 1 is 0.825 bits per heavy atom. The highest BCUT2D eigenvalue weighted by molar-refractivity contribution is 5.85. The maximum absolute atomic E-state index is 10.8. The highest BCUT2D eigenvalue weighted by atomic mass is 16.5. The Bertz CT molecular complexity index is 1090. The summed E-state index contributed by atoms with van der Waals surface area (Å²) in [6.45, 7) is 5.63. The van der Waals surface area contributed by atoms with Crippen molar-refractivity contribution in [2.75, 3.05) is 13.2 Å². The molecule has 0 heterocycles. The SMILES string of the molecule is CCCC1CCC(C2CCC(c3ccc(-c4ccc(OCCCCCCOC(=O)C#N)cc4)cc3C)CC2)CC1. The second-order valence-electron chi connectivity index (χ2n) is 12.3. The average molecular weight is 544 g/mol. The molecule has 2 saturated carbocycles. The van der Waals surface area contributed by atoms with Gasteiger partial charge in [-0.15, -0.1) is 0 Å². The lowest BCUT2D eigenvalue weighted by Gasteiger charge is -2.38. The molecule has 40 heavy (non-hydrogen) atoms. The molecule has 0 aromatic heterocycles. The Kier molecular flexibility index (Phi) is 12.0. The molecule has 0 spiro atoms. The summed E-state index contributed by atoms with van der Waals surface area (Å²) < 4.78 is 10.7. The number of carbonyl (C=O) groups is 1. The molecule has 2 aromatic carbocycles. The van der Waals surface area contributed by atoms with E-state index in [4.69, 9.17) is 14.7 Å². The van der Waals surface area contributed by atoms with Crippen molar-refractivity contribution in [3.63, 3.8) is 0 Å². The Labute approximate surface area is 242 Å². The Balaban J connectivity index is 1.18. The number of benzene rings is 2. The molecule has 0 saturated heterocycles. The van der Waals surface area contributed by atoms with E-state index >= 15 is 0 Å². The Morgan fingerprint density at radius 3 is 2.08 bits per heavy atom. The molecule has 2 fully saturated rings. The summed E-state index contributed by atoms with van der Waals surface area (Å²) in [6, 6.07) is 17.0. The number of ether oxygens (including phenoxy) is 2. The van der Waals surface area contributed by atoms with E-state index in [9.17, 15) is 4.79 Å². The van der Waals surface area contributed by atoms with E-state index in [-0.39, 0.29) is 0 Å². The number of rotatable bonds is 13. The van der Waals surface area contributed by atoms with Crippen LogP contribution in [-0.2, 0) is 9.53 Å². The summed E-state index contributed by atoms with van der Waals surface area (Å²) in [5.74, 6) is 3.81. The van der Waals surface area contributed by atoms with Crippen molar-refractivity contribution in [2.24, 2.45) is 17.8 Å². The van der Waals surface area contributed by atoms with Gasteiger partial charge < -0.3 is 9.47 Å². The van der Waals surface area contributed by atoms with E-state index in [1.165, 1.54) is 87.0 Å². The van der Waals surface area contributed by atoms with Crippen LogP contribution in [0.4, 0.5) is 0 Å². The van der Waals surface area contributed by atoms with Crippen molar-refractivity contribution in [3.8, 4) is 22.9 Å². The molecule has 0 radical (unpaired) electrons. The van der Waals surface area contributed by atoms with E-state index in [1.807, 2.05) is 0 Å². The number of aryl methyl sites for hydroxylation is 1. The molecule has 0 bridgehead atoms. The van der Waals surface area contributed by atoms with Crippen LogP contribution in [0.15, 0.2) is 42.5 Å². The van der Waals surface area contributed by atoms with Crippen molar-refractivity contribution in [3.05, 3.63) is 53.6 Å². The summed E-state index contributed by atoms with van der Waals surface area (Å²) in [4.78, 5) is 10.8. The highest BCUT2D eigenvalue weighted by Crippen LogP contribution is 2.45. The van der Waals surface area contributed by atoms with Crippen LogP contribution < -0.4 is 4.74 Å². The zero-order valence-corrected chi connectivity index (χ0v) is 24.8. The monoisotopic (exact) mass is 543 g/mol. The van der Waals surface area contributed by atoms with Crippen molar-refractivity contribution in [1.82, 2.24) is 0 Å². The number of carbonyl (C=O) groups excluding carboxylic acids is 1. The van der Waals surface area contributed by atoms with E-state index < -0.39 is 5.97 Å². The van der Waals surface area contributed by atoms with Crippen LogP contribution in [0, 0.1) is 36.0 Å². The number of nitrogens with zero attached hydrogens (tertiary/aromatic N) is 1. The summed E-state index contributed by atoms with van der Waals surface area (Å²) in [5.41, 5.74) is 5.51. The molecule has 0 unspecified atom stereocenters. The van der Waals surface area contributed by atoms with Gasteiger partial charge in [-0.2, -0.15) is 5.26 Å². The van der Waals surface area contributed by atoms with Crippen LogP contribution >= 0.6 is 0 Å². The fourth-order valence-corrected chi connectivity index (χ4v) is 7.26. The number of esters is 1. The Morgan fingerprint density at radius 2 is 1.45 bits per heavy atom. The number of hydrogen-bond donors (Lipinski definition) is 0. The molecule has 2 aliphatic carbocycles. The van der Waals surface area contributed by atoms with Crippen LogP contribution in [0.5, 0.6) is 5.75 Å². The predicted molar refractivity (Wildman–Crippen MR) is 162 cm³/mol. The second-order valence-corrected chi connectivity index (χ2v) is 12.3. The third kappa shape index (κ3) is 8.85. The maximum Gasteiger partial charge on any atom is 0.411 e. The van der Waals surface area contributed by atoms with E-state index in [1.54, 1.807) is 5.56 Å². The molecule has 2 aliphatic rings. The van der Waals surface area contributed by atoms with E-state index in [0.29, 0.717) is 13.2 Å². The minimum Gasteiger partial charge on any atom is -0.494 e. The number of hydrogen-bond acceptors (Lipinski definition) is 4. The fourth-order valence-electron chi connectivity index (χ4n) is 7.26. The summed E-state index contributed by atoms with van der Waals surface area (Å²) in [5, 5.41) is 8.39. The molecule has 0 aliphatic heterocycles. The van der Waals surface area contributed by atoms with Crippen molar-refractivity contribution in [1.29, 1.82) is 5.26 Å². The number of nitriles is 1. The van der Waals surface area contributed by atoms with Gasteiger partial charge >= 0.3 is 5.97 Å². The minimum absolute atomic E-state index is 0.316. The first kappa shape index (κ1) is 30.2. The summed E-state index contributed by atoms with van der Waals surface area (Å²) in [7, 11) is 0. The molecule has 4 rings (SSSR count). The van der Waals surface area contributed by atoms with Crippen LogP contribution in [0.2, 0.25) is 0 Å². The second kappa shape index (κ2) is 15.8. The van der Waals surface area contributed by atoms with Gasteiger partial charge in [0.2, 0.25) is 0 Å². The standard InChI is InChI=1S/C36H49NO3/c1-3-8-28-9-11-29(12-10-28)30-13-15-32(16-14-30)35-22-19-33(25-27(35)2)31-17-20-34(21-18-31)39-23-6-4-5-7-24-40-36(38)26-37/h17-22,25,28-30,32H,3-16,23-24H2,1-2H3. The molecular weight excluding hydrogens is 494 g/mol. The maximum atomic E-state index is 10.8. The topological polar surface area (TPSA) is 59.3 Å². The number of unbranched alkanes of at least 4 members (excludes halogenated alkanes) is 3. The summed E-state index contributed by atoms with van der Waals surface area (Å²) in [6.07, 6.45) is 18.0. The largest absolute Gasteiger partial charge is 0.494 e. The predicted octanol–water partition coefficient (Wildman–Crippen LogP) is 9.55. The third-order valence-electron chi connectivity index (χ3n) is 9.56. The van der Waals surface area contributed by atoms with E-state index in [0.717, 1.165) is 55.1 Å². The first-order valence-electron chi connectivity index (χ1n) is 16.0. The van der Waals surface area contributed by atoms with Gasteiger partial charge in [0.1, 0.15) is 5.75 Å². The lowest BCUT2D eigenvalue weighted by atomic mass is 9.67. The molecule has 0 atom stereocenters. The third-order valence-corrected chi connectivity index (χ3v) is 9.56.